The van der Waals surface area contributed by atoms with Gasteiger partial charge in [-0.3, -0.25) is 10.2 Å². The molecule has 2 aromatic carbocycles. The smallest absolute Gasteiger partial charge is 0.265 e. The fourth-order valence-corrected chi connectivity index (χ4v) is 2.02. The van der Waals surface area contributed by atoms with Crippen LogP contribution in [0.1, 0.15) is 10.4 Å². The maximum Gasteiger partial charge on any atom is 0.265 e. The summed E-state index contributed by atoms with van der Waals surface area (Å²) in [6.07, 6.45) is 0. The average Bonchev–Trinajstić information content (AvgIpc) is 2.89. The van der Waals surface area contributed by atoms with Gasteiger partial charge in [-0.25, -0.2) is 10.8 Å². The number of rotatable bonds is 2. The van der Waals surface area contributed by atoms with Crippen LogP contribution in [0.4, 0.5) is 0 Å². The zero-order chi connectivity index (χ0) is 14.1. The highest BCUT2D eigenvalue weighted by Gasteiger charge is 2.09. The van der Waals surface area contributed by atoms with Crippen LogP contribution >= 0.6 is 0 Å². The van der Waals surface area contributed by atoms with E-state index in [0.717, 1.165) is 16.6 Å². The summed E-state index contributed by atoms with van der Waals surface area (Å²) in [6.45, 7) is 0. The van der Waals surface area contributed by atoms with Crippen molar-refractivity contribution in [2.75, 3.05) is 0 Å². The first-order chi connectivity index (χ1) is 9.67. The van der Waals surface area contributed by atoms with Crippen molar-refractivity contribution in [2.45, 2.75) is 0 Å². The largest absolute Gasteiger partial charge is 0.508 e. The van der Waals surface area contributed by atoms with Gasteiger partial charge >= 0.3 is 0 Å². The molecule has 3 aromatic rings. The van der Waals surface area contributed by atoms with Crippen molar-refractivity contribution in [3.05, 3.63) is 48.0 Å². The first-order valence-corrected chi connectivity index (χ1v) is 5.97. The molecule has 0 aliphatic rings. The SMILES string of the molecule is NNC(=O)c1ccc2nc(-c3cccc(O)c3)[nH]c2c1. The number of aromatic nitrogens is 2. The van der Waals surface area contributed by atoms with Crippen LogP contribution in [0.15, 0.2) is 42.5 Å². The number of amides is 1. The number of carbonyl (C=O) groups is 1. The number of benzene rings is 2. The van der Waals surface area contributed by atoms with E-state index in [9.17, 15) is 9.90 Å². The van der Waals surface area contributed by atoms with Gasteiger partial charge in [0.15, 0.2) is 0 Å². The van der Waals surface area contributed by atoms with Gasteiger partial charge in [0, 0.05) is 11.1 Å². The minimum atomic E-state index is -0.361. The Bertz CT molecular complexity index is 795. The van der Waals surface area contributed by atoms with Crippen molar-refractivity contribution in [3.8, 4) is 17.1 Å². The quantitative estimate of drug-likeness (QED) is 0.321. The fourth-order valence-electron chi connectivity index (χ4n) is 2.02. The third-order valence-corrected chi connectivity index (χ3v) is 2.99. The molecule has 6 nitrogen and oxygen atoms in total. The Hall–Kier alpha value is -2.86. The number of nitrogen functional groups attached to an aromatic ring is 1. The normalized spacial score (nSPS) is 10.7. The highest BCUT2D eigenvalue weighted by atomic mass is 16.3. The van der Waals surface area contributed by atoms with Crippen molar-refractivity contribution in [1.29, 1.82) is 0 Å². The Kier molecular flexibility index (Phi) is 2.85. The Morgan fingerprint density at radius 1 is 1.25 bits per heavy atom. The molecule has 100 valence electrons. The number of nitrogens with two attached hydrogens (primary N) is 1. The molecule has 0 bridgehead atoms. The van der Waals surface area contributed by atoms with E-state index in [-0.39, 0.29) is 11.7 Å². The minimum Gasteiger partial charge on any atom is -0.508 e. The van der Waals surface area contributed by atoms with Gasteiger partial charge in [-0.1, -0.05) is 12.1 Å². The number of hydrogen-bond acceptors (Lipinski definition) is 4. The average molecular weight is 268 g/mol. The van der Waals surface area contributed by atoms with Crippen LogP contribution in [0, 0.1) is 0 Å². The summed E-state index contributed by atoms with van der Waals surface area (Å²) in [7, 11) is 0. The number of nitrogens with one attached hydrogen (secondary N) is 2. The number of hydrogen-bond donors (Lipinski definition) is 4. The van der Waals surface area contributed by atoms with Gasteiger partial charge < -0.3 is 10.1 Å². The van der Waals surface area contributed by atoms with Crippen LogP contribution in [0.2, 0.25) is 0 Å². The molecule has 0 atom stereocenters. The first-order valence-electron chi connectivity index (χ1n) is 5.97. The molecule has 0 unspecified atom stereocenters. The molecule has 6 heteroatoms. The zero-order valence-corrected chi connectivity index (χ0v) is 10.4. The summed E-state index contributed by atoms with van der Waals surface area (Å²) in [6, 6.07) is 11.9. The van der Waals surface area contributed by atoms with Gasteiger partial charge in [-0.15, -0.1) is 0 Å². The number of hydrazine groups is 1. The predicted molar refractivity (Wildman–Crippen MR) is 74.8 cm³/mol. The lowest BCUT2D eigenvalue weighted by Gasteiger charge is -1.98. The fraction of sp³-hybridized carbons (Fsp3) is 0. The summed E-state index contributed by atoms with van der Waals surface area (Å²) in [5.41, 5.74) is 4.76. The lowest BCUT2D eigenvalue weighted by atomic mass is 10.2. The predicted octanol–water partition coefficient (Wildman–Crippen LogP) is 1.54. The maximum atomic E-state index is 11.5. The van der Waals surface area contributed by atoms with Crippen LogP contribution in [0.25, 0.3) is 22.4 Å². The van der Waals surface area contributed by atoms with Crippen molar-refractivity contribution >= 4 is 16.9 Å². The Morgan fingerprint density at radius 2 is 2.10 bits per heavy atom. The van der Waals surface area contributed by atoms with Crippen LogP contribution in [0.3, 0.4) is 0 Å². The highest BCUT2D eigenvalue weighted by Crippen LogP contribution is 2.23. The van der Waals surface area contributed by atoms with Crippen LogP contribution in [-0.4, -0.2) is 21.0 Å². The second kappa shape index (κ2) is 4.67. The van der Waals surface area contributed by atoms with E-state index in [2.05, 4.69) is 15.4 Å². The molecule has 5 N–H and O–H groups in total. The molecule has 3 rings (SSSR count). The number of phenolic OH excluding ortho intramolecular Hbond substituents is 1. The van der Waals surface area contributed by atoms with Crippen LogP contribution in [-0.2, 0) is 0 Å². The van der Waals surface area contributed by atoms with Crippen LogP contribution in [0.5, 0.6) is 5.75 Å². The number of aromatic amines is 1. The third kappa shape index (κ3) is 2.08. The lowest BCUT2D eigenvalue weighted by molar-refractivity contribution is 0.0954. The summed E-state index contributed by atoms with van der Waals surface area (Å²) >= 11 is 0. The summed E-state index contributed by atoms with van der Waals surface area (Å²) in [4.78, 5) is 19.0. The lowest BCUT2D eigenvalue weighted by Crippen LogP contribution is -2.29. The van der Waals surface area contributed by atoms with E-state index in [1.165, 1.54) is 0 Å². The van der Waals surface area contributed by atoms with Gasteiger partial charge in [0.05, 0.1) is 11.0 Å². The number of phenols is 1. The van der Waals surface area contributed by atoms with Crippen LogP contribution < -0.4 is 11.3 Å². The number of nitrogens with zero attached hydrogens (tertiary/aromatic N) is 1. The van der Waals surface area contributed by atoms with Crippen molar-refractivity contribution in [3.63, 3.8) is 0 Å². The molecule has 0 radical (unpaired) electrons. The Balaban J connectivity index is 2.09. The highest BCUT2D eigenvalue weighted by molar-refractivity contribution is 5.97. The number of carbonyl (C=O) groups excluding carboxylic acids is 1. The van der Waals surface area contributed by atoms with Gasteiger partial charge in [0.1, 0.15) is 11.6 Å². The monoisotopic (exact) mass is 268 g/mol. The molecule has 0 fully saturated rings. The molecule has 1 amide bonds. The summed E-state index contributed by atoms with van der Waals surface area (Å²) < 4.78 is 0. The number of imidazole rings is 1. The van der Waals surface area contributed by atoms with E-state index in [0.29, 0.717) is 11.4 Å². The zero-order valence-electron chi connectivity index (χ0n) is 10.4. The molecule has 1 aromatic heterocycles. The van der Waals surface area contributed by atoms with Crippen molar-refractivity contribution in [2.24, 2.45) is 5.84 Å². The topological polar surface area (TPSA) is 104 Å². The molecule has 0 saturated heterocycles. The van der Waals surface area contributed by atoms with E-state index < -0.39 is 0 Å². The molecule has 0 aliphatic carbocycles. The van der Waals surface area contributed by atoms with Gasteiger partial charge in [-0.2, -0.15) is 0 Å². The van der Waals surface area contributed by atoms with E-state index >= 15 is 0 Å². The second-order valence-corrected chi connectivity index (χ2v) is 4.34. The summed E-state index contributed by atoms with van der Waals surface area (Å²) in [5, 5.41) is 9.49. The molecule has 1 heterocycles. The van der Waals surface area contributed by atoms with Gasteiger partial charge in [0.25, 0.3) is 5.91 Å². The van der Waals surface area contributed by atoms with Gasteiger partial charge in [-0.05, 0) is 30.3 Å². The van der Waals surface area contributed by atoms with Gasteiger partial charge in [0.2, 0.25) is 0 Å². The molecule has 20 heavy (non-hydrogen) atoms. The third-order valence-electron chi connectivity index (χ3n) is 2.99. The van der Waals surface area contributed by atoms with E-state index in [4.69, 9.17) is 5.84 Å². The standard InChI is InChI=1S/C14H12N4O2/c15-18-14(20)9-4-5-11-12(7-9)17-13(16-11)8-2-1-3-10(19)6-8/h1-7,19H,15H2,(H,16,17)(H,18,20). The van der Waals surface area contributed by atoms with E-state index in [1.807, 2.05) is 6.07 Å². The number of aromatic hydroxyl groups is 1. The maximum absolute atomic E-state index is 11.5. The minimum absolute atomic E-state index is 0.172. The molecule has 0 saturated carbocycles. The Labute approximate surface area is 114 Å². The summed E-state index contributed by atoms with van der Waals surface area (Å²) in [5.74, 6) is 5.55. The molecular weight excluding hydrogens is 256 g/mol. The number of H-pyrrole nitrogens is 1. The molecule has 0 spiro atoms. The molecular formula is C14H12N4O2. The van der Waals surface area contributed by atoms with Crippen molar-refractivity contribution in [1.82, 2.24) is 15.4 Å². The number of fused-ring (bicyclic) bond motifs is 1. The van der Waals surface area contributed by atoms with Crippen molar-refractivity contribution < 1.29 is 9.90 Å². The second-order valence-electron chi connectivity index (χ2n) is 4.34. The van der Waals surface area contributed by atoms with E-state index in [1.54, 1.807) is 36.4 Å². The Morgan fingerprint density at radius 3 is 2.85 bits per heavy atom. The molecule has 0 aliphatic heterocycles. The first kappa shape index (κ1) is 12.2.